The Morgan fingerprint density at radius 1 is 1.67 bits per heavy atom. The van der Waals surface area contributed by atoms with E-state index in [0.717, 1.165) is 0 Å². The summed E-state index contributed by atoms with van der Waals surface area (Å²) in [4.78, 5) is 19.9. The normalized spacial score (nSPS) is 31.5. The number of carbonyl (C=O) groups is 1. The number of fused-ring (bicyclic) bond motifs is 1. The molecule has 0 bridgehead atoms. The number of aliphatic imine (C=N–C) groups is 1. The van der Waals surface area contributed by atoms with Crippen LogP contribution in [0.5, 0.6) is 0 Å². The third-order valence-corrected chi connectivity index (χ3v) is 3.83. The van der Waals surface area contributed by atoms with Gasteiger partial charge in [-0.25, -0.2) is 9.98 Å². The molecule has 2 aliphatic rings. The van der Waals surface area contributed by atoms with Crippen LogP contribution in [0.1, 0.15) is 31.4 Å². The molecule has 9 heteroatoms. The van der Waals surface area contributed by atoms with Gasteiger partial charge >= 0.3 is 0 Å². The molecule has 9 nitrogen and oxygen atoms in total. The van der Waals surface area contributed by atoms with E-state index in [2.05, 4.69) is 15.3 Å². The second-order valence-electron chi connectivity index (χ2n) is 5.23. The molecule has 1 saturated heterocycles. The average molecular weight is 294 g/mol. The summed E-state index contributed by atoms with van der Waals surface area (Å²) in [5.74, 6) is 0.375. The first-order valence-electron chi connectivity index (χ1n) is 6.70. The molecule has 1 aromatic rings. The predicted octanol–water partition coefficient (Wildman–Crippen LogP) is -0.934. The zero-order chi connectivity index (χ0) is 15.1. The number of nitrogens with zero attached hydrogens (tertiary/aromatic N) is 3. The lowest BCUT2D eigenvalue weighted by Crippen LogP contribution is -2.32. The van der Waals surface area contributed by atoms with Gasteiger partial charge in [-0.2, -0.15) is 0 Å². The van der Waals surface area contributed by atoms with Gasteiger partial charge in [0, 0.05) is 6.42 Å². The summed E-state index contributed by atoms with van der Waals surface area (Å²) in [5.41, 5.74) is 11.9. The molecule has 3 heterocycles. The maximum atomic E-state index is 11.4. The number of hydrogen-bond donors (Lipinski definition) is 4. The van der Waals surface area contributed by atoms with E-state index in [1.165, 1.54) is 0 Å². The largest absolute Gasteiger partial charge is 0.394 e. The monoisotopic (exact) mass is 294 g/mol. The Morgan fingerprint density at radius 2 is 2.43 bits per heavy atom. The number of amides is 1. The highest BCUT2D eigenvalue weighted by Gasteiger charge is 2.40. The molecule has 1 aromatic heterocycles. The van der Waals surface area contributed by atoms with Crippen LogP contribution >= 0.6 is 0 Å². The lowest BCUT2D eigenvalue weighted by Gasteiger charge is -2.21. The van der Waals surface area contributed by atoms with Gasteiger partial charge in [-0.05, 0) is 6.92 Å². The van der Waals surface area contributed by atoms with E-state index in [0.29, 0.717) is 23.8 Å². The minimum absolute atomic E-state index is 0.256. The quantitative estimate of drug-likeness (QED) is 0.567. The number of amidine groups is 1. The van der Waals surface area contributed by atoms with Gasteiger partial charge in [-0.15, -0.1) is 0 Å². The minimum atomic E-state index is -0.599. The van der Waals surface area contributed by atoms with Crippen LogP contribution in [0.15, 0.2) is 11.3 Å². The van der Waals surface area contributed by atoms with Crippen molar-refractivity contribution in [3.8, 4) is 0 Å². The maximum Gasteiger partial charge on any atom is 0.223 e. The number of aromatic nitrogens is 2. The third kappa shape index (κ3) is 2.28. The third-order valence-electron chi connectivity index (χ3n) is 3.83. The summed E-state index contributed by atoms with van der Waals surface area (Å²) < 4.78 is 7.48. The van der Waals surface area contributed by atoms with Crippen LogP contribution in [0.4, 0.5) is 5.82 Å². The van der Waals surface area contributed by atoms with Gasteiger partial charge in [0.2, 0.25) is 5.91 Å². The van der Waals surface area contributed by atoms with Crippen molar-refractivity contribution >= 4 is 17.6 Å². The number of nitrogens with two attached hydrogens (primary N) is 2. The van der Waals surface area contributed by atoms with Gasteiger partial charge in [-0.1, -0.05) is 0 Å². The van der Waals surface area contributed by atoms with Crippen LogP contribution in [-0.2, 0) is 9.53 Å². The summed E-state index contributed by atoms with van der Waals surface area (Å²) in [6.07, 6.45) is 0.425. The first-order chi connectivity index (χ1) is 10.0. The number of primary amides is 1. The summed E-state index contributed by atoms with van der Waals surface area (Å²) >= 11 is 0. The second kappa shape index (κ2) is 5.10. The van der Waals surface area contributed by atoms with Crippen LogP contribution in [0.2, 0.25) is 0 Å². The molecule has 1 unspecified atom stereocenters. The highest BCUT2D eigenvalue weighted by molar-refractivity contribution is 5.95. The summed E-state index contributed by atoms with van der Waals surface area (Å²) in [6, 6.07) is 0. The van der Waals surface area contributed by atoms with E-state index < -0.39 is 30.3 Å². The van der Waals surface area contributed by atoms with Crippen molar-refractivity contribution in [1.82, 2.24) is 9.55 Å². The fraction of sp³-hybridized carbons (Fsp3) is 0.583. The molecule has 1 amide bonds. The molecule has 0 radical (unpaired) electrons. The van der Waals surface area contributed by atoms with Crippen molar-refractivity contribution in [1.29, 1.82) is 0 Å². The number of nitrogens with one attached hydrogen (secondary N) is 1. The molecule has 2 aliphatic heterocycles. The fourth-order valence-electron chi connectivity index (χ4n) is 2.78. The fourth-order valence-corrected chi connectivity index (χ4v) is 2.78. The number of rotatable bonds is 3. The number of hydrogen-bond acceptors (Lipinski definition) is 7. The van der Waals surface area contributed by atoms with E-state index in [1.807, 2.05) is 0 Å². The molecule has 21 heavy (non-hydrogen) atoms. The lowest BCUT2D eigenvalue weighted by molar-refractivity contribution is -0.124. The van der Waals surface area contributed by atoms with Gasteiger partial charge in [0.1, 0.15) is 29.7 Å². The first kappa shape index (κ1) is 14.0. The molecule has 114 valence electrons. The van der Waals surface area contributed by atoms with Crippen LogP contribution in [0, 0.1) is 5.92 Å². The van der Waals surface area contributed by atoms with Crippen molar-refractivity contribution in [2.24, 2.45) is 22.4 Å². The van der Waals surface area contributed by atoms with Crippen LogP contribution in [0.3, 0.4) is 0 Å². The van der Waals surface area contributed by atoms with E-state index in [4.69, 9.17) is 16.2 Å². The lowest BCUT2D eigenvalue weighted by atomic mass is 10.0. The smallest absolute Gasteiger partial charge is 0.223 e. The molecule has 6 N–H and O–H groups in total. The van der Waals surface area contributed by atoms with Gasteiger partial charge in [0.25, 0.3) is 0 Å². The van der Waals surface area contributed by atoms with Crippen LogP contribution < -0.4 is 16.8 Å². The number of aliphatic hydroxyl groups excluding tert-OH is 1. The zero-order valence-corrected chi connectivity index (χ0v) is 11.6. The molecule has 0 spiro atoms. The standard InChI is InChI=1S/C12H18N6O3/c1-5-16-10(13)9-12(17-5)18(4-15-9)8-2-6(11(14)20)7(3-19)21-8/h4,6-8,10,19H,2-3,13H2,1H3,(H2,14,20)(H,16,17)/t6-,7+,8+,10?/m0/s1. The Hall–Kier alpha value is -1.97. The van der Waals surface area contributed by atoms with Crippen molar-refractivity contribution in [3.05, 3.63) is 12.0 Å². The van der Waals surface area contributed by atoms with Gasteiger partial charge in [0.05, 0.1) is 25.0 Å². The van der Waals surface area contributed by atoms with Crippen LogP contribution in [-0.4, -0.2) is 39.1 Å². The van der Waals surface area contributed by atoms with Gasteiger partial charge in [-0.3, -0.25) is 9.36 Å². The number of anilines is 1. The molecular weight excluding hydrogens is 276 g/mol. The Labute approximate surface area is 121 Å². The Kier molecular flexibility index (Phi) is 3.40. The molecule has 4 atom stereocenters. The molecular formula is C12H18N6O3. The van der Waals surface area contributed by atoms with Crippen molar-refractivity contribution in [2.75, 3.05) is 11.9 Å². The second-order valence-corrected chi connectivity index (χ2v) is 5.23. The number of carbonyl (C=O) groups excluding carboxylic acids is 1. The molecule has 0 aromatic carbocycles. The molecule has 0 aliphatic carbocycles. The first-order valence-corrected chi connectivity index (χ1v) is 6.70. The number of aliphatic hydroxyl groups is 1. The Balaban J connectivity index is 1.89. The highest BCUT2D eigenvalue weighted by Crippen LogP contribution is 2.37. The number of ether oxygens (including phenoxy) is 1. The van der Waals surface area contributed by atoms with Crippen molar-refractivity contribution in [3.63, 3.8) is 0 Å². The van der Waals surface area contributed by atoms with E-state index in [1.54, 1.807) is 17.8 Å². The van der Waals surface area contributed by atoms with E-state index in [9.17, 15) is 9.90 Å². The van der Waals surface area contributed by atoms with Gasteiger partial charge in [0.15, 0.2) is 0 Å². The van der Waals surface area contributed by atoms with E-state index in [-0.39, 0.29) is 6.61 Å². The Bertz CT molecular complexity index is 598. The average Bonchev–Trinajstić information content (AvgIpc) is 3.01. The zero-order valence-electron chi connectivity index (χ0n) is 11.6. The number of imidazole rings is 1. The van der Waals surface area contributed by atoms with Crippen molar-refractivity contribution in [2.45, 2.75) is 31.8 Å². The summed E-state index contributed by atoms with van der Waals surface area (Å²) in [6.45, 7) is 1.55. The molecule has 3 rings (SSSR count). The predicted molar refractivity (Wildman–Crippen MR) is 74.2 cm³/mol. The maximum absolute atomic E-state index is 11.4. The minimum Gasteiger partial charge on any atom is -0.394 e. The van der Waals surface area contributed by atoms with E-state index >= 15 is 0 Å². The van der Waals surface area contributed by atoms with Crippen LogP contribution in [0.25, 0.3) is 0 Å². The Morgan fingerprint density at radius 3 is 3.05 bits per heavy atom. The molecule has 0 saturated carbocycles. The summed E-state index contributed by atoms with van der Waals surface area (Å²) in [7, 11) is 0. The van der Waals surface area contributed by atoms with Crippen molar-refractivity contribution < 1.29 is 14.6 Å². The highest BCUT2D eigenvalue weighted by atomic mass is 16.5. The SMILES string of the molecule is CC1=NC(N)c2ncn([C@H]3C[C@H](C(N)=O)[C@@H](CO)O3)c2N1. The molecule has 1 fully saturated rings. The van der Waals surface area contributed by atoms with Gasteiger partial charge < -0.3 is 26.6 Å². The summed E-state index contributed by atoms with van der Waals surface area (Å²) in [5, 5.41) is 12.4. The topological polar surface area (TPSA) is 141 Å².